The Morgan fingerprint density at radius 2 is 2.14 bits per heavy atom. The molecule has 1 aliphatic rings. The lowest BCUT2D eigenvalue weighted by atomic mass is 9.82. The molecule has 1 aromatic carbocycles. The maximum absolute atomic E-state index is 5.26. The molecule has 1 aromatic heterocycles. The normalized spacial score (nSPS) is 22.2. The van der Waals surface area contributed by atoms with Crippen molar-refractivity contribution in [1.82, 2.24) is 10.2 Å². The van der Waals surface area contributed by atoms with Crippen LogP contribution >= 0.6 is 0 Å². The highest BCUT2D eigenvalue weighted by Gasteiger charge is 2.23. The first-order chi connectivity index (χ1) is 10.3. The molecule has 0 saturated heterocycles. The molecule has 4 nitrogen and oxygen atoms in total. The molecule has 1 aliphatic carbocycles. The number of hydrogen-bond donors (Lipinski definition) is 1. The van der Waals surface area contributed by atoms with Crippen molar-refractivity contribution in [3.63, 3.8) is 0 Å². The van der Waals surface area contributed by atoms with E-state index in [1.54, 1.807) is 0 Å². The van der Waals surface area contributed by atoms with Crippen molar-refractivity contribution in [2.24, 2.45) is 5.92 Å². The fourth-order valence-electron chi connectivity index (χ4n) is 3.34. The van der Waals surface area contributed by atoms with Gasteiger partial charge in [-0.05, 0) is 49.4 Å². The standard InChI is InChI=1S/C17H23N3O/c1-3-13-6-4-5-7-16(13)19-15-9-8-14(10-12(15)2)17-20-18-11-21-17/h8-11,13,16,19H,3-7H2,1-2H3. The Hall–Kier alpha value is -1.84. The van der Waals surface area contributed by atoms with Crippen LogP contribution in [0.15, 0.2) is 29.0 Å². The van der Waals surface area contributed by atoms with Crippen molar-refractivity contribution in [3.05, 3.63) is 30.2 Å². The van der Waals surface area contributed by atoms with Crippen molar-refractivity contribution < 1.29 is 4.42 Å². The number of hydrogen-bond acceptors (Lipinski definition) is 4. The van der Waals surface area contributed by atoms with E-state index in [-0.39, 0.29) is 0 Å². The lowest BCUT2D eigenvalue weighted by Crippen LogP contribution is -2.32. The molecule has 112 valence electrons. The minimum Gasteiger partial charge on any atom is -0.423 e. The summed E-state index contributed by atoms with van der Waals surface area (Å²) in [6.07, 6.45) is 7.98. The largest absolute Gasteiger partial charge is 0.423 e. The number of anilines is 1. The molecule has 21 heavy (non-hydrogen) atoms. The molecule has 2 aromatic rings. The molecule has 0 spiro atoms. The van der Waals surface area contributed by atoms with E-state index in [1.165, 1.54) is 49.7 Å². The first kappa shape index (κ1) is 14.1. The Labute approximate surface area is 126 Å². The number of aryl methyl sites for hydroxylation is 1. The summed E-state index contributed by atoms with van der Waals surface area (Å²) in [4.78, 5) is 0. The second kappa shape index (κ2) is 6.29. The third-order valence-corrected chi connectivity index (χ3v) is 4.61. The zero-order valence-corrected chi connectivity index (χ0v) is 12.8. The summed E-state index contributed by atoms with van der Waals surface area (Å²) in [5.74, 6) is 1.38. The van der Waals surface area contributed by atoms with Gasteiger partial charge < -0.3 is 9.73 Å². The number of rotatable bonds is 4. The van der Waals surface area contributed by atoms with E-state index in [2.05, 4.69) is 41.5 Å². The zero-order chi connectivity index (χ0) is 14.7. The second-order valence-corrected chi connectivity index (χ2v) is 5.98. The smallest absolute Gasteiger partial charge is 0.247 e. The van der Waals surface area contributed by atoms with Gasteiger partial charge >= 0.3 is 0 Å². The predicted molar refractivity (Wildman–Crippen MR) is 84.1 cm³/mol. The van der Waals surface area contributed by atoms with E-state index in [1.807, 2.05) is 6.07 Å². The van der Waals surface area contributed by atoms with Gasteiger partial charge in [0.1, 0.15) is 0 Å². The van der Waals surface area contributed by atoms with Gasteiger partial charge in [0.25, 0.3) is 0 Å². The molecule has 3 rings (SSSR count). The number of benzene rings is 1. The molecule has 2 unspecified atom stereocenters. The third-order valence-electron chi connectivity index (χ3n) is 4.61. The van der Waals surface area contributed by atoms with Gasteiger partial charge in [-0.1, -0.05) is 26.2 Å². The highest BCUT2D eigenvalue weighted by atomic mass is 16.4. The summed E-state index contributed by atoms with van der Waals surface area (Å²) in [7, 11) is 0. The molecule has 2 atom stereocenters. The van der Waals surface area contributed by atoms with Crippen LogP contribution in [-0.4, -0.2) is 16.2 Å². The average Bonchev–Trinajstić information content (AvgIpc) is 3.04. The van der Waals surface area contributed by atoms with Crippen molar-refractivity contribution in [1.29, 1.82) is 0 Å². The van der Waals surface area contributed by atoms with E-state index in [9.17, 15) is 0 Å². The Bertz CT molecular complexity index is 580. The first-order valence-corrected chi connectivity index (χ1v) is 7.91. The van der Waals surface area contributed by atoms with Gasteiger partial charge in [-0.3, -0.25) is 0 Å². The van der Waals surface area contributed by atoms with E-state index >= 15 is 0 Å². The topological polar surface area (TPSA) is 51.0 Å². The van der Waals surface area contributed by atoms with Crippen LogP contribution in [0.3, 0.4) is 0 Å². The van der Waals surface area contributed by atoms with Gasteiger partial charge in [0, 0.05) is 17.3 Å². The number of nitrogens with one attached hydrogen (secondary N) is 1. The lowest BCUT2D eigenvalue weighted by molar-refractivity contribution is 0.317. The van der Waals surface area contributed by atoms with Gasteiger partial charge in [0.05, 0.1) is 0 Å². The van der Waals surface area contributed by atoms with E-state index in [4.69, 9.17) is 4.42 Å². The molecular formula is C17H23N3O. The van der Waals surface area contributed by atoms with E-state index < -0.39 is 0 Å². The number of nitrogens with zero attached hydrogens (tertiary/aromatic N) is 2. The van der Waals surface area contributed by atoms with Gasteiger partial charge in [-0.2, -0.15) is 0 Å². The van der Waals surface area contributed by atoms with Crippen LogP contribution in [0.25, 0.3) is 11.5 Å². The average molecular weight is 285 g/mol. The summed E-state index contributed by atoms with van der Waals surface area (Å²) in [5.41, 5.74) is 3.43. The van der Waals surface area contributed by atoms with Crippen molar-refractivity contribution >= 4 is 5.69 Å². The molecule has 4 heteroatoms. The molecule has 1 heterocycles. The van der Waals surface area contributed by atoms with Crippen LogP contribution in [-0.2, 0) is 0 Å². The van der Waals surface area contributed by atoms with Crippen molar-refractivity contribution in [2.75, 3.05) is 5.32 Å². The zero-order valence-electron chi connectivity index (χ0n) is 12.8. The summed E-state index contributed by atoms with van der Waals surface area (Å²) >= 11 is 0. The van der Waals surface area contributed by atoms with Crippen LogP contribution in [0.5, 0.6) is 0 Å². The van der Waals surface area contributed by atoms with Crippen LogP contribution in [0, 0.1) is 12.8 Å². The SMILES string of the molecule is CCC1CCCCC1Nc1ccc(-c2nnco2)cc1C. The highest BCUT2D eigenvalue weighted by molar-refractivity contribution is 5.62. The molecule has 0 radical (unpaired) electrons. The quantitative estimate of drug-likeness (QED) is 0.903. The molecule has 1 fully saturated rings. The third kappa shape index (κ3) is 3.09. The van der Waals surface area contributed by atoms with Crippen molar-refractivity contribution in [2.45, 2.75) is 52.0 Å². The van der Waals surface area contributed by atoms with Gasteiger partial charge in [0.2, 0.25) is 12.3 Å². The molecule has 1 saturated carbocycles. The Kier molecular flexibility index (Phi) is 4.23. The summed E-state index contributed by atoms with van der Waals surface area (Å²) in [6.45, 7) is 4.43. The molecule has 0 amide bonds. The fourth-order valence-corrected chi connectivity index (χ4v) is 3.34. The Morgan fingerprint density at radius 3 is 2.86 bits per heavy atom. The summed E-state index contributed by atoms with van der Waals surface area (Å²) in [6, 6.07) is 6.90. The summed E-state index contributed by atoms with van der Waals surface area (Å²) < 4.78 is 5.26. The minimum absolute atomic E-state index is 0.578. The fraction of sp³-hybridized carbons (Fsp3) is 0.529. The molecular weight excluding hydrogens is 262 g/mol. The van der Waals surface area contributed by atoms with Crippen LogP contribution in [0.1, 0.15) is 44.6 Å². The monoisotopic (exact) mass is 285 g/mol. The highest BCUT2D eigenvalue weighted by Crippen LogP contribution is 2.31. The lowest BCUT2D eigenvalue weighted by Gasteiger charge is -2.32. The summed E-state index contributed by atoms with van der Waals surface area (Å²) in [5, 5.41) is 11.5. The second-order valence-electron chi connectivity index (χ2n) is 5.98. The Balaban J connectivity index is 1.76. The van der Waals surface area contributed by atoms with Gasteiger partial charge in [-0.25, -0.2) is 0 Å². The van der Waals surface area contributed by atoms with Crippen molar-refractivity contribution in [3.8, 4) is 11.5 Å². The van der Waals surface area contributed by atoms with E-state index in [0.29, 0.717) is 11.9 Å². The van der Waals surface area contributed by atoms with Gasteiger partial charge in [-0.15, -0.1) is 10.2 Å². The van der Waals surface area contributed by atoms with Crippen LogP contribution in [0.2, 0.25) is 0 Å². The molecule has 1 N–H and O–H groups in total. The molecule has 0 bridgehead atoms. The van der Waals surface area contributed by atoms with E-state index in [0.717, 1.165) is 11.5 Å². The minimum atomic E-state index is 0.578. The van der Waals surface area contributed by atoms with Crippen LogP contribution < -0.4 is 5.32 Å². The Morgan fingerprint density at radius 1 is 1.29 bits per heavy atom. The first-order valence-electron chi connectivity index (χ1n) is 7.91. The van der Waals surface area contributed by atoms with Crippen LogP contribution in [0.4, 0.5) is 5.69 Å². The predicted octanol–water partition coefficient (Wildman–Crippen LogP) is 4.43. The maximum Gasteiger partial charge on any atom is 0.247 e. The van der Waals surface area contributed by atoms with Gasteiger partial charge in [0.15, 0.2) is 0 Å². The molecule has 0 aliphatic heterocycles. The number of aromatic nitrogens is 2. The maximum atomic E-state index is 5.26.